The van der Waals surface area contributed by atoms with E-state index in [1.165, 1.54) is 11.5 Å². The van der Waals surface area contributed by atoms with Gasteiger partial charge in [0.25, 0.3) is 5.91 Å². The Kier molecular flexibility index (Phi) is 6.00. The standard InChI is InChI=1S/C8H6F3NO2.K.H/c9-8(10,11)6-3-1-2-5(4-6)7(13)12-14;;/h1-4,14H,(H,12,13);;. The number of hydrogen-bond donors (Lipinski definition) is 2. The van der Waals surface area contributed by atoms with Gasteiger partial charge in [-0.2, -0.15) is 13.2 Å². The van der Waals surface area contributed by atoms with Crippen LogP contribution in [-0.2, 0) is 6.18 Å². The van der Waals surface area contributed by atoms with Gasteiger partial charge in [-0.25, -0.2) is 5.48 Å². The third-order valence-corrected chi connectivity index (χ3v) is 1.55. The first-order chi connectivity index (χ1) is 6.45. The predicted molar refractivity (Wildman–Crippen MR) is 47.8 cm³/mol. The molecule has 1 amide bonds. The molecule has 0 unspecified atom stereocenters. The maximum absolute atomic E-state index is 12.1. The van der Waals surface area contributed by atoms with Crippen LogP contribution in [0.5, 0.6) is 0 Å². The SMILES string of the molecule is O=C(NO)c1cccc(C(F)(F)F)c1.[KH]. The zero-order chi connectivity index (χ0) is 10.8. The molecule has 0 aliphatic rings. The molecule has 3 nitrogen and oxygen atoms in total. The Bertz CT molecular complexity index is 354. The van der Waals surface area contributed by atoms with E-state index in [-0.39, 0.29) is 56.9 Å². The molecule has 0 radical (unpaired) electrons. The normalized spacial score (nSPS) is 10.4. The second-order valence-corrected chi connectivity index (χ2v) is 2.52. The van der Waals surface area contributed by atoms with E-state index in [9.17, 15) is 18.0 Å². The molecular weight excluding hydrogens is 238 g/mol. The molecule has 0 aliphatic carbocycles. The van der Waals surface area contributed by atoms with E-state index in [4.69, 9.17) is 5.21 Å². The fourth-order valence-corrected chi connectivity index (χ4v) is 0.901. The Morgan fingerprint density at radius 2 is 1.93 bits per heavy atom. The minimum absolute atomic E-state index is 0. The Labute approximate surface area is 126 Å². The third-order valence-electron chi connectivity index (χ3n) is 1.55. The van der Waals surface area contributed by atoms with Crippen LogP contribution >= 0.6 is 0 Å². The average molecular weight is 245 g/mol. The van der Waals surface area contributed by atoms with Crippen LogP contribution in [0, 0.1) is 0 Å². The molecule has 7 heteroatoms. The van der Waals surface area contributed by atoms with Crippen LogP contribution < -0.4 is 5.48 Å². The number of rotatable bonds is 1. The zero-order valence-corrected chi connectivity index (χ0v) is 6.80. The molecule has 0 saturated heterocycles. The number of carbonyl (C=O) groups excluding carboxylic acids is 1. The number of nitrogens with one attached hydrogen (secondary N) is 1. The zero-order valence-electron chi connectivity index (χ0n) is 6.80. The average Bonchev–Trinajstić information content (AvgIpc) is 2.15. The van der Waals surface area contributed by atoms with Crippen molar-refractivity contribution in [1.82, 2.24) is 5.48 Å². The predicted octanol–water partition coefficient (Wildman–Crippen LogP) is 1.18. The van der Waals surface area contributed by atoms with E-state index >= 15 is 0 Å². The van der Waals surface area contributed by atoms with Crippen molar-refractivity contribution in [3.8, 4) is 0 Å². The van der Waals surface area contributed by atoms with Crippen molar-refractivity contribution in [3.63, 3.8) is 0 Å². The Hall–Kier alpha value is 0.0764. The number of hydroxylamine groups is 1. The van der Waals surface area contributed by atoms with Crippen molar-refractivity contribution in [2.45, 2.75) is 6.18 Å². The monoisotopic (exact) mass is 245 g/mol. The molecule has 0 heterocycles. The van der Waals surface area contributed by atoms with E-state index in [1.807, 2.05) is 0 Å². The van der Waals surface area contributed by atoms with Gasteiger partial charge in [-0.15, -0.1) is 0 Å². The van der Waals surface area contributed by atoms with Gasteiger partial charge in [-0.3, -0.25) is 10.0 Å². The van der Waals surface area contributed by atoms with Gasteiger partial charge in [-0.05, 0) is 18.2 Å². The minimum atomic E-state index is -4.49. The summed E-state index contributed by atoms with van der Waals surface area (Å²) in [6, 6.07) is 3.76. The van der Waals surface area contributed by atoms with E-state index in [0.29, 0.717) is 6.07 Å². The molecule has 1 aromatic rings. The molecule has 1 rings (SSSR count). The van der Waals surface area contributed by atoms with Crippen LogP contribution in [0.3, 0.4) is 0 Å². The summed E-state index contributed by atoms with van der Waals surface area (Å²) in [6.45, 7) is 0. The first-order valence-corrected chi connectivity index (χ1v) is 3.57. The number of alkyl halides is 3. The molecule has 0 aliphatic heterocycles. The van der Waals surface area contributed by atoms with Gasteiger partial charge >= 0.3 is 57.6 Å². The van der Waals surface area contributed by atoms with E-state index in [0.717, 1.165) is 12.1 Å². The van der Waals surface area contributed by atoms with Crippen molar-refractivity contribution in [1.29, 1.82) is 0 Å². The first-order valence-electron chi connectivity index (χ1n) is 3.57. The summed E-state index contributed by atoms with van der Waals surface area (Å²) in [6.07, 6.45) is -4.49. The fourth-order valence-electron chi connectivity index (χ4n) is 0.901. The molecule has 1 aromatic carbocycles. The molecular formula is C8H7F3KNO2. The van der Waals surface area contributed by atoms with E-state index < -0.39 is 17.6 Å². The Balaban J connectivity index is 0.00000196. The summed E-state index contributed by atoms with van der Waals surface area (Å²) < 4.78 is 36.4. The van der Waals surface area contributed by atoms with Gasteiger partial charge in [-0.1, -0.05) is 6.07 Å². The van der Waals surface area contributed by atoms with Crippen LogP contribution in [0.2, 0.25) is 0 Å². The van der Waals surface area contributed by atoms with Gasteiger partial charge < -0.3 is 0 Å². The van der Waals surface area contributed by atoms with Gasteiger partial charge in [0.15, 0.2) is 0 Å². The summed E-state index contributed by atoms with van der Waals surface area (Å²) in [5, 5.41) is 8.20. The van der Waals surface area contributed by atoms with Gasteiger partial charge in [0.2, 0.25) is 0 Å². The van der Waals surface area contributed by atoms with E-state index in [2.05, 4.69) is 0 Å². The van der Waals surface area contributed by atoms with Crippen LogP contribution in [0.4, 0.5) is 13.2 Å². The van der Waals surface area contributed by atoms with Crippen molar-refractivity contribution >= 4 is 57.3 Å². The van der Waals surface area contributed by atoms with Crippen LogP contribution in [0.15, 0.2) is 24.3 Å². The van der Waals surface area contributed by atoms with Crippen LogP contribution in [-0.4, -0.2) is 62.5 Å². The molecule has 0 bridgehead atoms. The second kappa shape index (κ2) is 5.97. The molecule has 0 fully saturated rings. The van der Waals surface area contributed by atoms with Crippen LogP contribution in [0.1, 0.15) is 15.9 Å². The number of benzene rings is 1. The van der Waals surface area contributed by atoms with Crippen molar-refractivity contribution in [3.05, 3.63) is 35.4 Å². The van der Waals surface area contributed by atoms with Crippen molar-refractivity contribution in [2.75, 3.05) is 0 Å². The molecule has 78 valence electrons. The number of halogens is 3. The van der Waals surface area contributed by atoms with Crippen molar-refractivity contribution in [2.24, 2.45) is 0 Å². The third kappa shape index (κ3) is 4.21. The van der Waals surface area contributed by atoms with Gasteiger partial charge in [0.1, 0.15) is 0 Å². The summed E-state index contributed by atoms with van der Waals surface area (Å²) >= 11 is 0. The molecule has 15 heavy (non-hydrogen) atoms. The summed E-state index contributed by atoms with van der Waals surface area (Å²) in [4.78, 5) is 10.8. The Morgan fingerprint density at radius 1 is 1.33 bits per heavy atom. The van der Waals surface area contributed by atoms with Crippen LogP contribution in [0.25, 0.3) is 0 Å². The summed E-state index contributed by atoms with van der Waals surface area (Å²) in [5.41, 5.74) is 0.0739. The molecule has 0 atom stereocenters. The van der Waals surface area contributed by atoms with Crippen molar-refractivity contribution < 1.29 is 23.2 Å². The number of amides is 1. The fraction of sp³-hybridized carbons (Fsp3) is 0.125. The quantitative estimate of drug-likeness (QED) is 0.443. The first kappa shape index (κ1) is 15.1. The molecule has 0 spiro atoms. The summed E-state index contributed by atoms with van der Waals surface area (Å²) in [7, 11) is 0. The molecule has 0 saturated carbocycles. The van der Waals surface area contributed by atoms with E-state index in [1.54, 1.807) is 0 Å². The topological polar surface area (TPSA) is 49.3 Å². The van der Waals surface area contributed by atoms with Gasteiger partial charge in [0, 0.05) is 5.56 Å². The number of carbonyl (C=O) groups is 1. The Morgan fingerprint density at radius 3 is 2.40 bits per heavy atom. The molecule has 0 aromatic heterocycles. The summed E-state index contributed by atoms with van der Waals surface area (Å²) in [5.74, 6) is -0.976. The van der Waals surface area contributed by atoms with Gasteiger partial charge in [0.05, 0.1) is 5.56 Å². The second-order valence-electron chi connectivity index (χ2n) is 2.52. The number of hydrogen-bond acceptors (Lipinski definition) is 2. The molecule has 2 N–H and O–H groups in total. The maximum atomic E-state index is 12.1.